The first kappa shape index (κ1) is 18.6. The van der Waals surface area contributed by atoms with Gasteiger partial charge in [-0.25, -0.2) is 4.39 Å². The predicted molar refractivity (Wildman–Crippen MR) is 103 cm³/mol. The standard InChI is InChI=1S/C22H23FN2O3/c1-22(14-18(24-27)11-13-28-22)21(26)25-12-10-15-4-2-3-5-19(15)20(25)16-6-8-17(23)9-7-16/h2-9,20,27H,10-14H2,1H3/b24-18+/t20-,22-/m0/s1. The summed E-state index contributed by atoms with van der Waals surface area (Å²) in [6.45, 7) is 2.64. The van der Waals surface area contributed by atoms with Crippen molar-refractivity contribution in [3.8, 4) is 0 Å². The number of rotatable bonds is 2. The van der Waals surface area contributed by atoms with Gasteiger partial charge in [-0.15, -0.1) is 0 Å². The number of fused-ring (bicyclic) bond motifs is 1. The summed E-state index contributed by atoms with van der Waals surface area (Å²) >= 11 is 0. The smallest absolute Gasteiger partial charge is 0.255 e. The van der Waals surface area contributed by atoms with E-state index in [1.807, 2.05) is 23.1 Å². The number of carbonyl (C=O) groups is 1. The highest BCUT2D eigenvalue weighted by Gasteiger charge is 2.45. The molecule has 2 aromatic rings. The van der Waals surface area contributed by atoms with Crippen LogP contribution in [-0.2, 0) is 16.0 Å². The highest BCUT2D eigenvalue weighted by atomic mass is 19.1. The monoisotopic (exact) mass is 382 g/mol. The van der Waals surface area contributed by atoms with E-state index in [0.29, 0.717) is 25.3 Å². The Balaban J connectivity index is 1.74. The van der Waals surface area contributed by atoms with Crippen LogP contribution in [0.2, 0.25) is 0 Å². The van der Waals surface area contributed by atoms with Gasteiger partial charge in [0.15, 0.2) is 0 Å². The van der Waals surface area contributed by atoms with Gasteiger partial charge in [-0.1, -0.05) is 41.6 Å². The third-order valence-electron chi connectivity index (χ3n) is 5.68. The van der Waals surface area contributed by atoms with Crippen LogP contribution in [0.5, 0.6) is 0 Å². The number of oxime groups is 1. The van der Waals surface area contributed by atoms with Crippen LogP contribution in [0.25, 0.3) is 0 Å². The Bertz CT molecular complexity index is 912. The summed E-state index contributed by atoms with van der Waals surface area (Å²) in [7, 11) is 0. The van der Waals surface area contributed by atoms with Gasteiger partial charge in [0.1, 0.15) is 11.4 Å². The fraction of sp³-hybridized carbons (Fsp3) is 0.364. The van der Waals surface area contributed by atoms with Gasteiger partial charge in [-0.05, 0) is 42.2 Å². The minimum Gasteiger partial charge on any atom is -0.411 e. The molecule has 1 N–H and O–H groups in total. The van der Waals surface area contributed by atoms with Crippen molar-refractivity contribution in [1.29, 1.82) is 0 Å². The Morgan fingerprint density at radius 2 is 1.96 bits per heavy atom. The van der Waals surface area contributed by atoms with Crippen molar-refractivity contribution in [3.05, 3.63) is 71.0 Å². The van der Waals surface area contributed by atoms with E-state index in [2.05, 4.69) is 11.2 Å². The van der Waals surface area contributed by atoms with Gasteiger partial charge in [-0.2, -0.15) is 0 Å². The molecule has 0 aromatic heterocycles. The van der Waals surface area contributed by atoms with Crippen LogP contribution in [-0.4, -0.2) is 40.5 Å². The number of hydrogen-bond acceptors (Lipinski definition) is 4. The summed E-state index contributed by atoms with van der Waals surface area (Å²) in [5.41, 5.74) is 2.58. The van der Waals surface area contributed by atoms with E-state index < -0.39 is 5.60 Å². The second-order valence-corrected chi connectivity index (χ2v) is 7.57. The maximum absolute atomic E-state index is 13.6. The first-order valence-corrected chi connectivity index (χ1v) is 9.50. The van der Waals surface area contributed by atoms with Crippen molar-refractivity contribution in [2.24, 2.45) is 5.16 Å². The van der Waals surface area contributed by atoms with Crippen LogP contribution in [0, 0.1) is 5.82 Å². The molecule has 1 amide bonds. The molecule has 2 aliphatic rings. The zero-order chi connectivity index (χ0) is 19.7. The largest absolute Gasteiger partial charge is 0.411 e. The number of hydrogen-bond donors (Lipinski definition) is 1. The maximum Gasteiger partial charge on any atom is 0.255 e. The molecule has 2 aromatic carbocycles. The topological polar surface area (TPSA) is 62.1 Å². The molecule has 2 aliphatic heterocycles. The number of ether oxygens (including phenoxy) is 1. The molecule has 0 aliphatic carbocycles. The molecule has 0 bridgehead atoms. The quantitative estimate of drug-likeness (QED) is 0.636. The van der Waals surface area contributed by atoms with Crippen molar-refractivity contribution >= 4 is 11.6 Å². The van der Waals surface area contributed by atoms with Crippen molar-refractivity contribution in [1.82, 2.24) is 4.90 Å². The highest BCUT2D eigenvalue weighted by molar-refractivity contribution is 5.95. The van der Waals surface area contributed by atoms with Gasteiger partial charge in [0.2, 0.25) is 0 Å². The van der Waals surface area contributed by atoms with Gasteiger partial charge < -0.3 is 14.8 Å². The van der Waals surface area contributed by atoms with Crippen LogP contribution in [0.3, 0.4) is 0 Å². The van der Waals surface area contributed by atoms with E-state index >= 15 is 0 Å². The molecule has 6 heteroatoms. The molecule has 0 saturated carbocycles. The van der Waals surface area contributed by atoms with Crippen molar-refractivity contribution in [2.75, 3.05) is 13.2 Å². The Kier molecular flexibility index (Phi) is 4.89. The lowest BCUT2D eigenvalue weighted by atomic mass is 9.85. The van der Waals surface area contributed by atoms with E-state index in [4.69, 9.17) is 4.74 Å². The SMILES string of the molecule is C[C@@]1(C(=O)N2CCc3ccccc3[C@@H]2c2ccc(F)cc2)C/C(=N/O)CCO1. The third-order valence-corrected chi connectivity index (χ3v) is 5.68. The minimum atomic E-state index is -1.08. The Labute approximate surface area is 163 Å². The van der Waals surface area contributed by atoms with Crippen molar-refractivity contribution < 1.29 is 19.1 Å². The zero-order valence-corrected chi connectivity index (χ0v) is 15.8. The van der Waals surface area contributed by atoms with Crippen LogP contribution in [0.4, 0.5) is 4.39 Å². The summed E-state index contributed by atoms with van der Waals surface area (Å²) in [5, 5.41) is 12.5. The lowest BCUT2D eigenvalue weighted by Gasteiger charge is -2.43. The fourth-order valence-electron chi connectivity index (χ4n) is 4.24. The molecule has 146 valence electrons. The maximum atomic E-state index is 13.6. The van der Waals surface area contributed by atoms with E-state index in [1.165, 1.54) is 17.7 Å². The molecule has 4 rings (SSSR count). The number of halogens is 1. The van der Waals surface area contributed by atoms with Gasteiger partial charge in [0.05, 0.1) is 18.4 Å². The van der Waals surface area contributed by atoms with E-state index in [1.54, 1.807) is 19.1 Å². The van der Waals surface area contributed by atoms with Gasteiger partial charge >= 0.3 is 0 Å². The molecule has 28 heavy (non-hydrogen) atoms. The highest BCUT2D eigenvalue weighted by Crippen LogP contribution is 2.38. The summed E-state index contributed by atoms with van der Waals surface area (Å²) in [5.74, 6) is -0.450. The number of benzene rings is 2. The second-order valence-electron chi connectivity index (χ2n) is 7.57. The van der Waals surface area contributed by atoms with Crippen molar-refractivity contribution in [3.63, 3.8) is 0 Å². The summed E-state index contributed by atoms with van der Waals surface area (Å²) in [6.07, 6.45) is 1.52. The summed E-state index contributed by atoms with van der Waals surface area (Å²) in [6, 6.07) is 14.0. The number of carbonyl (C=O) groups excluding carboxylic acids is 1. The molecule has 2 heterocycles. The van der Waals surface area contributed by atoms with Gasteiger partial charge in [-0.3, -0.25) is 4.79 Å². The second kappa shape index (κ2) is 7.36. The molecule has 1 fully saturated rings. The average Bonchev–Trinajstić information content (AvgIpc) is 2.73. The molecular weight excluding hydrogens is 359 g/mol. The zero-order valence-electron chi connectivity index (χ0n) is 15.8. The average molecular weight is 382 g/mol. The fourth-order valence-corrected chi connectivity index (χ4v) is 4.24. The third kappa shape index (κ3) is 3.29. The molecule has 0 spiro atoms. The number of amides is 1. The molecule has 0 radical (unpaired) electrons. The van der Waals surface area contributed by atoms with Gasteiger partial charge in [0, 0.05) is 19.4 Å². The van der Waals surface area contributed by atoms with Crippen LogP contribution >= 0.6 is 0 Å². The first-order chi connectivity index (χ1) is 13.5. The molecule has 2 atom stereocenters. The minimum absolute atomic E-state index is 0.142. The van der Waals surface area contributed by atoms with Crippen LogP contribution in [0.15, 0.2) is 53.7 Å². The first-order valence-electron chi connectivity index (χ1n) is 9.50. The summed E-state index contributed by atoms with van der Waals surface area (Å²) < 4.78 is 19.4. The molecular formula is C22H23FN2O3. The molecule has 0 unspecified atom stereocenters. The lowest BCUT2D eigenvalue weighted by molar-refractivity contribution is -0.159. The summed E-state index contributed by atoms with van der Waals surface area (Å²) in [4.78, 5) is 15.4. The van der Waals surface area contributed by atoms with E-state index in [-0.39, 0.29) is 24.2 Å². The van der Waals surface area contributed by atoms with E-state index in [0.717, 1.165) is 17.5 Å². The normalized spacial score (nSPS) is 26.1. The molecule has 1 saturated heterocycles. The lowest BCUT2D eigenvalue weighted by Crippen LogP contribution is -2.54. The number of nitrogens with zero attached hydrogens (tertiary/aromatic N) is 2. The van der Waals surface area contributed by atoms with Crippen LogP contribution in [0.1, 0.15) is 42.5 Å². The van der Waals surface area contributed by atoms with Gasteiger partial charge in [0.25, 0.3) is 5.91 Å². The Morgan fingerprint density at radius 1 is 1.21 bits per heavy atom. The Hall–Kier alpha value is -2.73. The van der Waals surface area contributed by atoms with Crippen molar-refractivity contribution in [2.45, 2.75) is 37.8 Å². The molecule has 5 nitrogen and oxygen atoms in total. The Morgan fingerprint density at radius 3 is 2.71 bits per heavy atom. The van der Waals surface area contributed by atoms with E-state index in [9.17, 15) is 14.4 Å². The predicted octanol–water partition coefficient (Wildman–Crippen LogP) is 3.70. The van der Waals surface area contributed by atoms with Crippen LogP contribution < -0.4 is 0 Å².